The van der Waals surface area contributed by atoms with Gasteiger partial charge in [0.25, 0.3) is 0 Å². The molecule has 2 nitrogen and oxygen atoms in total. The number of hydrogen-bond acceptors (Lipinski definition) is 3. The van der Waals surface area contributed by atoms with Crippen LogP contribution in [0.25, 0.3) is 0 Å². The Bertz CT molecular complexity index is 395. The van der Waals surface area contributed by atoms with E-state index in [-0.39, 0.29) is 0 Å². The summed E-state index contributed by atoms with van der Waals surface area (Å²) >= 11 is 1.84. The van der Waals surface area contributed by atoms with Crippen molar-refractivity contribution in [3.05, 3.63) is 36.9 Å². The van der Waals surface area contributed by atoms with Crippen molar-refractivity contribution >= 4 is 17.4 Å². The van der Waals surface area contributed by atoms with E-state index in [0.29, 0.717) is 12.1 Å². The molecule has 0 bridgehead atoms. The molecule has 3 heteroatoms. The lowest BCUT2D eigenvalue weighted by Crippen LogP contribution is -2.25. The first-order valence-electron chi connectivity index (χ1n) is 6.50. The minimum Gasteiger partial charge on any atom is -0.380 e. The predicted octanol–water partition coefficient (Wildman–Crippen LogP) is 3.47. The molecule has 1 aliphatic rings. The molecule has 1 aromatic rings. The Kier molecular flexibility index (Phi) is 4.72. The molecule has 0 aromatic heterocycles. The van der Waals surface area contributed by atoms with Crippen LogP contribution >= 0.6 is 11.8 Å². The summed E-state index contributed by atoms with van der Waals surface area (Å²) in [5, 5.41) is 3.68. The van der Waals surface area contributed by atoms with Gasteiger partial charge >= 0.3 is 0 Å². The number of anilines is 1. The van der Waals surface area contributed by atoms with Gasteiger partial charge in [0, 0.05) is 35.0 Å². The first-order chi connectivity index (χ1) is 8.70. The van der Waals surface area contributed by atoms with Gasteiger partial charge in [0.15, 0.2) is 0 Å². The molecule has 1 heterocycles. The molecule has 1 fully saturated rings. The van der Waals surface area contributed by atoms with Crippen LogP contribution in [-0.4, -0.2) is 36.3 Å². The quantitative estimate of drug-likeness (QED) is 0.646. The van der Waals surface area contributed by atoms with E-state index < -0.39 is 0 Å². The zero-order chi connectivity index (χ0) is 13.0. The van der Waals surface area contributed by atoms with Gasteiger partial charge in [0.1, 0.15) is 0 Å². The molecular formula is C15H22N2S. The summed E-state index contributed by atoms with van der Waals surface area (Å²) in [5.74, 6) is 0.958. The number of nitrogens with zero attached hydrogens (tertiary/aromatic N) is 1. The third kappa shape index (κ3) is 3.30. The van der Waals surface area contributed by atoms with E-state index >= 15 is 0 Å². The van der Waals surface area contributed by atoms with E-state index in [0.717, 1.165) is 12.3 Å². The zero-order valence-electron chi connectivity index (χ0n) is 11.2. The number of rotatable bonds is 5. The van der Waals surface area contributed by atoms with Crippen molar-refractivity contribution < 1.29 is 0 Å². The van der Waals surface area contributed by atoms with E-state index in [1.807, 2.05) is 17.8 Å². The molecule has 1 saturated heterocycles. The standard InChI is InChI=1S/C15H22N2S/c1-4-9-18-15-8-6-5-7-14(15)16-13-10-12(2)17(3)11-13/h4-8,12-13,16H,1,9-11H2,2-3H3. The summed E-state index contributed by atoms with van der Waals surface area (Å²) in [5.41, 5.74) is 1.26. The van der Waals surface area contributed by atoms with Gasteiger partial charge < -0.3 is 10.2 Å². The SMILES string of the molecule is C=CCSc1ccccc1NC1CC(C)N(C)C1. The lowest BCUT2D eigenvalue weighted by Gasteiger charge is -2.17. The van der Waals surface area contributed by atoms with Crippen LogP contribution in [0.1, 0.15) is 13.3 Å². The Labute approximate surface area is 114 Å². The number of hydrogen-bond donors (Lipinski definition) is 1. The van der Waals surface area contributed by atoms with E-state index in [1.54, 1.807) is 0 Å². The maximum atomic E-state index is 3.78. The van der Waals surface area contributed by atoms with Crippen LogP contribution in [0.4, 0.5) is 5.69 Å². The molecule has 18 heavy (non-hydrogen) atoms. The molecular weight excluding hydrogens is 240 g/mol. The van der Waals surface area contributed by atoms with Crippen LogP contribution in [0.2, 0.25) is 0 Å². The highest BCUT2D eigenvalue weighted by atomic mass is 32.2. The fraction of sp³-hybridized carbons (Fsp3) is 0.467. The van der Waals surface area contributed by atoms with Crippen LogP contribution in [0.3, 0.4) is 0 Å². The Hall–Kier alpha value is -0.930. The largest absolute Gasteiger partial charge is 0.380 e. The summed E-state index contributed by atoms with van der Waals surface area (Å²) in [6, 6.07) is 9.79. The zero-order valence-corrected chi connectivity index (χ0v) is 12.0. The highest BCUT2D eigenvalue weighted by Gasteiger charge is 2.26. The second-order valence-electron chi connectivity index (χ2n) is 4.96. The van der Waals surface area contributed by atoms with E-state index in [2.05, 4.69) is 55.0 Å². The van der Waals surface area contributed by atoms with Crippen LogP contribution in [0.15, 0.2) is 41.8 Å². The van der Waals surface area contributed by atoms with Gasteiger partial charge in [-0.15, -0.1) is 18.3 Å². The molecule has 2 atom stereocenters. The summed E-state index contributed by atoms with van der Waals surface area (Å²) in [7, 11) is 2.20. The van der Waals surface area contributed by atoms with Gasteiger partial charge in [0.2, 0.25) is 0 Å². The van der Waals surface area contributed by atoms with Gasteiger partial charge in [-0.05, 0) is 32.5 Å². The molecule has 0 saturated carbocycles. The summed E-state index contributed by atoms with van der Waals surface area (Å²) in [6.45, 7) is 7.20. The maximum Gasteiger partial charge on any atom is 0.0481 e. The Morgan fingerprint density at radius 3 is 2.94 bits per heavy atom. The van der Waals surface area contributed by atoms with Gasteiger partial charge in [-0.3, -0.25) is 0 Å². The molecule has 2 rings (SSSR count). The second-order valence-corrected chi connectivity index (χ2v) is 6.02. The van der Waals surface area contributed by atoms with Crippen molar-refractivity contribution in [2.75, 3.05) is 24.7 Å². The number of likely N-dealkylation sites (N-methyl/N-ethyl adjacent to an activating group) is 1. The molecule has 0 aliphatic carbocycles. The summed E-state index contributed by atoms with van der Waals surface area (Å²) < 4.78 is 0. The topological polar surface area (TPSA) is 15.3 Å². The van der Waals surface area contributed by atoms with Crippen molar-refractivity contribution in [3.8, 4) is 0 Å². The Balaban J connectivity index is 2.02. The number of nitrogens with one attached hydrogen (secondary N) is 1. The molecule has 1 aromatic carbocycles. The van der Waals surface area contributed by atoms with Gasteiger partial charge in [-0.2, -0.15) is 0 Å². The van der Waals surface area contributed by atoms with Gasteiger partial charge in [-0.1, -0.05) is 18.2 Å². The third-order valence-corrected chi connectivity index (χ3v) is 4.56. The average Bonchev–Trinajstić information content (AvgIpc) is 2.67. The van der Waals surface area contributed by atoms with Crippen LogP contribution in [-0.2, 0) is 0 Å². The second kappa shape index (κ2) is 6.30. The van der Waals surface area contributed by atoms with E-state index in [4.69, 9.17) is 0 Å². The van der Waals surface area contributed by atoms with E-state index in [9.17, 15) is 0 Å². The molecule has 98 valence electrons. The molecule has 0 radical (unpaired) electrons. The first-order valence-corrected chi connectivity index (χ1v) is 7.48. The molecule has 2 unspecified atom stereocenters. The number of benzene rings is 1. The van der Waals surface area contributed by atoms with Crippen molar-refractivity contribution in [1.29, 1.82) is 0 Å². The lowest BCUT2D eigenvalue weighted by atomic mass is 10.2. The fourth-order valence-corrected chi connectivity index (χ4v) is 3.13. The normalized spacial score (nSPS) is 24.1. The number of thioether (sulfide) groups is 1. The minimum absolute atomic E-state index is 0.565. The highest BCUT2D eigenvalue weighted by molar-refractivity contribution is 7.99. The first kappa shape index (κ1) is 13.5. The molecule has 1 aliphatic heterocycles. The van der Waals surface area contributed by atoms with Crippen molar-refractivity contribution in [2.24, 2.45) is 0 Å². The highest BCUT2D eigenvalue weighted by Crippen LogP contribution is 2.29. The lowest BCUT2D eigenvalue weighted by molar-refractivity contribution is 0.330. The fourth-order valence-electron chi connectivity index (χ4n) is 2.38. The Morgan fingerprint density at radius 1 is 1.50 bits per heavy atom. The summed E-state index contributed by atoms with van der Waals surface area (Å²) in [6.07, 6.45) is 3.17. The monoisotopic (exact) mass is 262 g/mol. The smallest absolute Gasteiger partial charge is 0.0481 e. The molecule has 0 amide bonds. The van der Waals surface area contributed by atoms with Crippen molar-refractivity contribution in [3.63, 3.8) is 0 Å². The molecule has 1 N–H and O–H groups in total. The number of para-hydroxylation sites is 1. The van der Waals surface area contributed by atoms with Crippen molar-refractivity contribution in [1.82, 2.24) is 4.90 Å². The third-order valence-electron chi connectivity index (χ3n) is 3.49. The Morgan fingerprint density at radius 2 is 2.28 bits per heavy atom. The van der Waals surface area contributed by atoms with Crippen LogP contribution < -0.4 is 5.32 Å². The van der Waals surface area contributed by atoms with E-state index in [1.165, 1.54) is 17.0 Å². The summed E-state index contributed by atoms with van der Waals surface area (Å²) in [4.78, 5) is 3.73. The average molecular weight is 262 g/mol. The van der Waals surface area contributed by atoms with Crippen LogP contribution in [0, 0.1) is 0 Å². The van der Waals surface area contributed by atoms with Gasteiger partial charge in [-0.25, -0.2) is 0 Å². The van der Waals surface area contributed by atoms with Gasteiger partial charge in [0.05, 0.1) is 0 Å². The molecule has 0 spiro atoms. The predicted molar refractivity (Wildman–Crippen MR) is 81.5 cm³/mol. The van der Waals surface area contributed by atoms with Crippen molar-refractivity contribution in [2.45, 2.75) is 30.3 Å². The number of likely N-dealkylation sites (tertiary alicyclic amines) is 1. The minimum atomic E-state index is 0.565. The maximum absolute atomic E-state index is 3.78. The van der Waals surface area contributed by atoms with Crippen LogP contribution in [0.5, 0.6) is 0 Å².